The summed E-state index contributed by atoms with van der Waals surface area (Å²) in [6, 6.07) is 3.00. The normalized spacial score (nSPS) is 11.3. The van der Waals surface area contributed by atoms with E-state index < -0.39 is 17.7 Å². The third-order valence-corrected chi connectivity index (χ3v) is 3.97. The standard InChI is InChI=1S/C15H22F2N2O2/c1-3-15(4-2,8-9-20)10-18-14(21)19-12-7-5-6-11(16)13(12)17/h5-7,20H,3-4,8-10H2,1-2H3,(H2,18,19,21). The van der Waals surface area contributed by atoms with Crippen LogP contribution in [0.25, 0.3) is 0 Å². The van der Waals surface area contributed by atoms with Gasteiger partial charge in [0.2, 0.25) is 0 Å². The second kappa shape index (κ2) is 7.93. The molecule has 3 N–H and O–H groups in total. The van der Waals surface area contributed by atoms with Gasteiger partial charge in [0.15, 0.2) is 11.6 Å². The van der Waals surface area contributed by atoms with Gasteiger partial charge in [0, 0.05) is 13.2 Å². The Morgan fingerprint density at radius 2 is 1.95 bits per heavy atom. The van der Waals surface area contributed by atoms with Crippen molar-refractivity contribution in [3.8, 4) is 0 Å². The predicted octanol–water partition coefficient (Wildman–Crippen LogP) is 3.28. The number of hydrogen-bond acceptors (Lipinski definition) is 2. The predicted molar refractivity (Wildman–Crippen MR) is 78.1 cm³/mol. The zero-order valence-corrected chi connectivity index (χ0v) is 12.4. The van der Waals surface area contributed by atoms with Crippen LogP contribution >= 0.6 is 0 Å². The molecule has 0 aliphatic rings. The second-order valence-corrected chi connectivity index (χ2v) is 5.09. The fourth-order valence-corrected chi connectivity index (χ4v) is 2.21. The summed E-state index contributed by atoms with van der Waals surface area (Å²) in [4.78, 5) is 11.8. The number of carbonyl (C=O) groups excluding carboxylic acids is 1. The fraction of sp³-hybridized carbons (Fsp3) is 0.533. The SMILES string of the molecule is CCC(CC)(CCO)CNC(=O)Nc1cccc(F)c1F. The topological polar surface area (TPSA) is 61.4 Å². The van der Waals surface area contributed by atoms with Crippen molar-refractivity contribution >= 4 is 11.7 Å². The molecule has 0 saturated heterocycles. The summed E-state index contributed by atoms with van der Waals surface area (Å²) in [6.07, 6.45) is 2.19. The first-order chi connectivity index (χ1) is 9.98. The van der Waals surface area contributed by atoms with Crippen LogP contribution in [0.15, 0.2) is 18.2 Å². The van der Waals surface area contributed by atoms with E-state index in [4.69, 9.17) is 5.11 Å². The van der Waals surface area contributed by atoms with E-state index in [-0.39, 0.29) is 17.7 Å². The van der Waals surface area contributed by atoms with Crippen LogP contribution in [0.4, 0.5) is 19.3 Å². The molecule has 0 spiro atoms. The zero-order valence-electron chi connectivity index (χ0n) is 12.4. The van der Waals surface area contributed by atoms with Crippen molar-refractivity contribution in [1.29, 1.82) is 0 Å². The molecule has 1 aromatic carbocycles. The van der Waals surface area contributed by atoms with Gasteiger partial charge in [-0.05, 0) is 36.8 Å². The van der Waals surface area contributed by atoms with E-state index in [2.05, 4.69) is 10.6 Å². The van der Waals surface area contributed by atoms with Gasteiger partial charge in [0.1, 0.15) is 0 Å². The quantitative estimate of drug-likeness (QED) is 0.723. The van der Waals surface area contributed by atoms with E-state index in [0.29, 0.717) is 13.0 Å². The van der Waals surface area contributed by atoms with Gasteiger partial charge in [0.25, 0.3) is 0 Å². The third kappa shape index (κ3) is 4.67. The number of urea groups is 1. The lowest BCUT2D eigenvalue weighted by Crippen LogP contribution is -2.39. The molecule has 4 nitrogen and oxygen atoms in total. The Labute approximate surface area is 123 Å². The zero-order chi connectivity index (χ0) is 15.9. The number of benzene rings is 1. The van der Waals surface area contributed by atoms with Crippen molar-refractivity contribution in [3.05, 3.63) is 29.8 Å². The Bertz CT molecular complexity index is 477. The first-order valence-corrected chi connectivity index (χ1v) is 7.07. The van der Waals surface area contributed by atoms with Crippen LogP contribution < -0.4 is 10.6 Å². The van der Waals surface area contributed by atoms with Gasteiger partial charge in [-0.1, -0.05) is 19.9 Å². The number of halogens is 2. The minimum Gasteiger partial charge on any atom is -0.396 e. The lowest BCUT2D eigenvalue weighted by Gasteiger charge is -2.31. The van der Waals surface area contributed by atoms with E-state index in [9.17, 15) is 13.6 Å². The molecule has 0 saturated carbocycles. The molecule has 2 amide bonds. The maximum atomic E-state index is 13.4. The monoisotopic (exact) mass is 300 g/mol. The van der Waals surface area contributed by atoms with Gasteiger partial charge in [-0.3, -0.25) is 0 Å². The third-order valence-electron chi connectivity index (χ3n) is 3.97. The molecule has 1 rings (SSSR count). The van der Waals surface area contributed by atoms with Gasteiger partial charge in [-0.25, -0.2) is 13.6 Å². The van der Waals surface area contributed by atoms with Crippen molar-refractivity contribution in [2.24, 2.45) is 5.41 Å². The van der Waals surface area contributed by atoms with Crippen LogP contribution in [0.2, 0.25) is 0 Å². The summed E-state index contributed by atoms with van der Waals surface area (Å²) >= 11 is 0. The summed E-state index contributed by atoms with van der Waals surface area (Å²) in [5, 5.41) is 14.1. The minimum absolute atomic E-state index is 0.0451. The molecule has 0 bridgehead atoms. The Kier molecular flexibility index (Phi) is 6.55. The van der Waals surface area contributed by atoms with Gasteiger partial charge in [-0.2, -0.15) is 0 Å². The number of aliphatic hydroxyl groups is 1. The molecular weight excluding hydrogens is 278 g/mol. The first kappa shape index (κ1) is 17.4. The Morgan fingerprint density at radius 3 is 2.52 bits per heavy atom. The van der Waals surface area contributed by atoms with Gasteiger partial charge >= 0.3 is 6.03 Å². The summed E-state index contributed by atoms with van der Waals surface area (Å²) in [6.45, 7) is 4.39. The maximum absolute atomic E-state index is 13.4. The fourth-order valence-electron chi connectivity index (χ4n) is 2.21. The summed E-state index contributed by atoms with van der Waals surface area (Å²) in [5.41, 5.74) is -0.389. The van der Waals surface area contributed by atoms with E-state index in [0.717, 1.165) is 18.9 Å². The van der Waals surface area contributed by atoms with E-state index in [1.165, 1.54) is 12.1 Å². The summed E-state index contributed by atoms with van der Waals surface area (Å²) in [5.74, 6) is -2.09. The smallest absolute Gasteiger partial charge is 0.319 e. The highest BCUT2D eigenvalue weighted by Crippen LogP contribution is 2.29. The van der Waals surface area contributed by atoms with Gasteiger partial charge < -0.3 is 15.7 Å². The number of carbonyl (C=O) groups is 1. The Hall–Kier alpha value is -1.69. The molecule has 0 heterocycles. The number of hydrogen-bond donors (Lipinski definition) is 3. The van der Waals surface area contributed by atoms with Crippen LogP contribution in [0.5, 0.6) is 0 Å². The highest BCUT2D eigenvalue weighted by Gasteiger charge is 2.26. The van der Waals surface area contributed by atoms with Crippen molar-refractivity contribution < 1.29 is 18.7 Å². The van der Waals surface area contributed by atoms with Crippen molar-refractivity contribution in [2.45, 2.75) is 33.1 Å². The van der Waals surface area contributed by atoms with Crippen LogP contribution in [0.3, 0.4) is 0 Å². The molecule has 21 heavy (non-hydrogen) atoms. The number of amides is 2. The lowest BCUT2D eigenvalue weighted by molar-refractivity contribution is 0.165. The first-order valence-electron chi connectivity index (χ1n) is 7.07. The van der Waals surface area contributed by atoms with Gasteiger partial charge in [-0.15, -0.1) is 0 Å². The number of anilines is 1. The highest BCUT2D eigenvalue weighted by molar-refractivity contribution is 5.89. The van der Waals surface area contributed by atoms with E-state index in [1.54, 1.807) is 0 Å². The van der Waals surface area contributed by atoms with E-state index >= 15 is 0 Å². The molecule has 0 unspecified atom stereocenters. The summed E-state index contributed by atoms with van der Waals surface area (Å²) in [7, 11) is 0. The average molecular weight is 300 g/mol. The Morgan fingerprint density at radius 1 is 1.29 bits per heavy atom. The van der Waals surface area contributed by atoms with Crippen molar-refractivity contribution in [2.75, 3.05) is 18.5 Å². The molecule has 0 atom stereocenters. The number of aliphatic hydroxyl groups excluding tert-OH is 1. The van der Waals surface area contributed by atoms with Crippen LogP contribution in [-0.4, -0.2) is 24.3 Å². The lowest BCUT2D eigenvalue weighted by atomic mass is 9.79. The minimum atomic E-state index is -1.08. The molecule has 0 aliphatic heterocycles. The van der Waals surface area contributed by atoms with Crippen LogP contribution in [0.1, 0.15) is 33.1 Å². The largest absolute Gasteiger partial charge is 0.396 e. The molecule has 0 aromatic heterocycles. The molecule has 0 radical (unpaired) electrons. The van der Waals surface area contributed by atoms with Crippen LogP contribution in [-0.2, 0) is 0 Å². The molecule has 6 heteroatoms. The molecule has 0 fully saturated rings. The molecular formula is C15H22F2N2O2. The van der Waals surface area contributed by atoms with Crippen molar-refractivity contribution in [3.63, 3.8) is 0 Å². The number of nitrogens with one attached hydrogen (secondary N) is 2. The van der Waals surface area contributed by atoms with Crippen molar-refractivity contribution in [1.82, 2.24) is 5.32 Å². The van der Waals surface area contributed by atoms with Crippen LogP contribution in [0, 0.1) is 17.0 Å². The molecule has 1 aromatic rings. The second-order valence-electron chi connectivity index (χ2n) is 5.09. The number of rotatable bonds is 7. The van der Waals surface area contributed by atoms with E-state index in [1.807, 2.05) is 13.8 Å². The van der Waals surface area contributed by atoms with Gasteiger partial charge in [0.05, 0.1) is 5.69 Å². The molecule has 118 valence electrons. The maximum Gasteiger partial charge on any atom is 0.319 e. The highest BCUT2D eigenvalue weighted by atomic mass is 19.2. The average Bonchev–Trinajstić information content (AvgIpc) is 2.48. The summed E-state index contributed by atoms with van der Waals surface area (Å²) < 4.78 is 26.5. The Balaban J connectivity index is 2.63. The molecule has 0 aliphatic carbocycles.